The Labute approximate surface area is 167 Å². The van der Waals surface area contributed by atoms with Gasteiger partial charge in [0.15, 0.2) is 6.29 Å². The molecule has 10 heteroatoms. The van der Waals surface area contributed by atoms with Crippen molar-refractivity contribution in [3.63, 3.8) is 0 Å². The maximum atomic E-state index is 11.7. The van der Waals surface area contributed by atoms with Gasteiger partial charge in [0.25, 0.3) is 0 Å². The van der Waals surface area contributed by atoms with Crippen molar-refractivity contribution in [2.24, 2.45) is 4.99 Å². The minimum Gasteiger partial charge on any atom is -0.434 e. The molecule has 2 aromatic rings. The van der Waals surface area contributed by atoms with E-state index in [1.165, 1.54) is 0 Å². The van der Waals surface area contributed by atoms with Crippen LogP contribution in [0.5, 0.6) is 5.88 Å². The molecule has 1 aliphatic rings. The molecule has 9 nitrogen and oxygen atoms in total. The van der Waals surface area contributed by atoms with Crippen LogP contribution in [0.3, 0.4) is 0 Å². The number of amidine groups is 1. The second kappa shape index (κ2) is 9.05. The Hall–Kier alpha value is -2.62. The Kier molecular flexibility index (Phi) is 6.50. The van der Waals surface area contributed by atoms with Crippen LogP contribution < -0.4 is 10.1 Å². The summed E-state index contributed by atoms with van der Waals surface area (Å²) in [5, 5.41) is 3.79. The van der Waals surface area contributed by atoms with E-state index >= 15 is 0 Å². The molecular weight excluding hydrogens is 388 g/mol. The fraction of sp³-hybridized carbons (Fsp3) is 0.389. The van der Waals surface area contributed by atoms with Crippen molar-refractivity contribution >= 4 is 23.6 Å². The molecule has 3 rings (SSSR count). The number of carbonyl (C=O) groups excluding carboxylic acids is 1. The van der Waals surface area contributed by atoms with Gasteiger partial charge in [-0.3, -0.25) is 9.56 Å². The zero-order valence-corrected chi connectivity index (χ0v) is 16.5. The van der Waals surface area contributed by atoms with Gasteiger partial charge in [0, 0.05) is 24.8 Å². The van der Waals surface area contributed by atoms with Gasteiger partial charge in [0.05, 0.1) is 25.4 Å². The van der Waals surface area contributed by atoms with Crippen LogP contribution in [-0.2, 0) is 20.8 Å². The molecule has 150 valence electrons. The van der Waals surface area contributed by atoms with Crippen molar-refractivity contribution in [3.05, 3.63) is 40.8 Å². The van der Waals surface area contributed by atoms with E-state index in [1.807, 2.05) is 10.6 Å². The van der Waals surface area contributed by atoms with Crippen molar-refractivity contribution in [1.82, 2.24) is 14.9 Å². The number of nitrogens with zero attached hydrogens (tertiary/aromatic N) is 3. The number of carbonyl (C=O) groups is 1. The Balaban J connectivity index is 1.95. The summed E-state index contributed by atoms with van der Waals surface area (Å²) in [6, 6.07) is 5.42. The normalized spacial score (nSPS) is 12.7. The highest BCUT2D eigenvalue weighted by Crippen LogP contribution is 2.29. The Morgan fingerprint density at radius 2 is 2.14 bits per heavy atom. The molecule has 1 N–H and O–H groups in total. The van der Waals surface area contributed by atoms with Gasteiger partial charge in [-0.05, 0) is 25.1 Å². The maximum absolute atomic E-state index is 11.7. The molecular formula is C18H21ClN4O5. The summed E-state index contributed by atoms with van der Waals surface area (Å²) in [4.78, 5) is 20.5. The van der Waals surface area contributed by atoms with E-state index in [2.05, 4.69) is 15.3 Å². The number of imidazole rings is 1. The van der Waals surface area contributed by atoms with Crippen molar-refractivity contribution in [2.45, 2.75) is 19.8 Å². The molecule has 0 amide bonds. The van der Waals surface area contributed by atoms with Crippen LogP contribution in [0.25, 0.3) is 5.69 Å². The number of hydrogen-bond donors (Lipinski definition) is 1. The summed E-state index contributed by atoms with van der Waals surface area (Å²) in [6.07, 6.45) is 0.328. The molecule has 2 heterocycles. The first kappa shape index (κ1) is 20.1. The minimum absolute atomic E-state index is 0.149. The molecule has 0 saturated carbocycles. The quantitative estimate of drug-likeness (QED) is 0.579. The van der Waals surface area contributed by atoms with Gasteiger partial charge in [-0.25, -0.2) is 9.78 Å². The number of nitrogens with one attached hydrogen (secondary N) is 1. The first-order valence-corrected chi connectivity index (χ1v) is 9.00. The molecule has 0 unspecified atom stereocenters. The Bertz CT molecular complexity index is 879. The van der Waals surface area contributed by atoms with E-state index in [0.29, 0.717) is 23.1 Å². The number of ether oxygens (including phenoxy) is 4. The molecule has 0 radical (unpaired) electrons. The molecule has 1 aliphatic heterocycles. The molecule has 0 atom stereocenters. The van der Waals surface area contributed by atoms with Crippen LogP contribution >= 0.6 is 11.6 Å². The van der Waals surface area contributed by atoms with Gasteiger partial charge >= 0.3 is 6.16 Å². The number of hydrogen-bond acceptors (Lipinski definition) is 8. The highest BCUT2D eigenvalue weighted by Gasteiger charge is 2.24. The predicted octanol–water partition coefficient (Wildman–Crippen LogP) is 2.53. The lowest BCUT2D eigenvalue weighted by Gasteiger charge is -2.17. The van der Waals surface area contributed by atoms with Gasteiger partial charge in [0.1, 0.15) is 17.9 Å². The molecule has 0 saturated heterocycles. The number of fused-ring (bicyclic) bond motifs is 3. The number of benzene rings is 1. The zero-order valence-electron chi connectivity index (χ0n) is 15.8. The summed E-state index contributed by atoms with van der Waals surface area (Å²) >= 11 is 6.21. The molecule has 1 aromatic carbocycles. The van der Waals surface area contributed by atoms with Crippen LogP contribution in [0.4, 0.5) is 4.79 Å². The van der Waals surface area contributed by atoms with Crippen molar-refractivity contribution in [2.75, 3.05) is 27.4 Å². The standard InChI is InChI=1S/C18H21ClN4O5/c1-4-27-18(24)28-17-14-8-20-16(21-9-15(25-2)26-3)12-7-11(19)5-6-13(12)23(14)10-22-17/h5-7,10,15H,4,8-9H2,1-3H3,(H,20,21). The average molecular weight is 409 g/mol. The summed E-state index contributed by atoms with van der Waals surface area (Å²) in [5.74, 6) is 0.762. The lowest BCUT2D eigenvalue weighted by atomic mass is 10.1. The van der Waals surface area contributed by atoms with E-state index in [1.54, 1.807) is 39.6 Å². The highest BCUT2D eigenvalue weighted by molar-refractivity contribution is 6.31. The van der Waals surface area contributed by atoms with Gasteiger partial charge in [-0.15, -0.1) is 0 Å². The molecule has 28 heavy (non-hydrogen) atoms. The van der Waals surface area contributed by atoms with Crippen LogP contribution in [0.2, 0.25) is 5.02 Å². The van der Waals surface area contributed by atoms with Crippen molar-refractivity contribution < 1.29 is 23.7 Å². The number of aliphatic imine (C=N–C) groups is 1. The monoisotopic (exact) mass is 408 g/mol. The first-order chi connectivity index (χ1) is 13.6. The number of rotatable bonds is 6. The average Bonchev–Trinajstić information content (AvgIpc) is 2.99. The molecule has 1 aromatic heterocycles. The van der Waals surface area contributed by atoms with Crippen LogP contribution in [0.15, 0.2) is 29.5 Å². The van der Waals surface area contributed by atoms with Gasteiger partial charge < -0.3 is 24.3 Å². The fourth-order valence-electron chi connectivity index (χ4n) is 2.76. The largest absolute Gasteiger partial charge is 0.515 e. The second-order valence-electron chi connectivity index (χ2n) is 5.76. The number of methoxy groups -OCH3 is 2. The molecule has 0 bridgehead atoms. The van der Waals surface area contributed by atoms with E-state index in [9.17, 15) is 4.79 Å². The summed E-state index contributed by atoms with van der Waals surface area (Å²) in [5.41, 5.74) is 2.18. The SMILES string of the molecule is CCOC(=O)Oc1ncn2c1CN=C(NCC(OC)OC)c1cc(Cl)ccc1-2. The minimum atomic E-state index is -0.810. The van der Waals surface area contributed by atoms with E-state index in [0.717, 1.165) is 11.3 Å². The summed E-state index contributed by atoms with van der Waals surface area (Å²) in [7, 11) is 3.12. The highest BCUT2D eigenvalue weighted by atomic mass is 35.5. The fourth-order valence-corrected chi connectivity index (χ4v) is 2.93. The third kappa shape index (κ3) is 4.27. The van der Waals surface area contributed by atoms with Crippen LogP contribution in [0, 0.1) is 0 Å². The lowest BCUT2D eigenvalue weighted by molar-refractivity contribution is -0.0965. The van der Waals surface area contributed by atoms with E-state index in [4.69, 9.17) is 30.5 Å². The molecule has 0 fully saturated rings. The van der Waals surface area contributed by atoms with Crippen LogP contribution in [-0.4, -0.2) is 55.2 Å². The Morgan fingerprint density at radius 1 is 1.36 bits per heavy atom. The van der Waals surface area contributed by atoms with E-state index < -0.39 is 12.4 Å². The first-order valence-electron chi connectivity index (χ1n) is 8.62. The molecule has 0 aliphatic carbocycles. The number of halogens is 1. The second-order valence-corrected chi connectivity index (χ2v) is 6.20. The molecule has 0 spiro atoms. The summed E-state index contributed by atoms with van der Waals surface area (Å²) in [6.45, 7) is 2.53. The third-order valence-electron chi connectivity index (χ3n) is 4.09. The van der Waals surface area contributed by atoms with Gasteiger partial charge in [-0.1, -0.05) is 11.6 Å². The smallest absolute Gasteiger partial charge is 0.434 e. The van der Waals surface area contributed by atoms with Gasteiger partial charge in [-0.2, -0.15) is 0 Å². The van der Waals surface area contributed by atoms with Crippen LogP contribution in [0.1, 0.15) is 18.2 Å². The number of aromatic nitrogens is 2. The lowest BCUT2D eigenvalue weighted by Crippen LogP contribution is -2.35. The summed E-state index contributed by atoms with van der Waals surface area (Å²) < 4.78 is 22.3. The van der Waals surface area contributed by atoms with Crippen molar-refractivity contribution in [1.29, 1.82) is 0 Å². The van der Waals surface area contributed by atoms with E-state index in [-0.39, 0.29) is 19.0 Å². The maximum Gasteiger partial charge on any atom is 0.515 e. The topological polar surface area (TPSA) is 96.2 Å². The zero-order chi connectivity index (χ0) is 20.1. The van der Waals surface area contributed by atoms with Gasteiger partial charge in [0.2, 0.25) is 5.88 Å². The predicted molar refractivity (Wildman–Crippen MR) is 102 cm³/mol. The third-order valence-corrected chi connectivity index (χ3v) is 4.33. The Morgan fingerprint density at radius 3 is 2.86 bits per heavy atom. The van der Waals surface area contributed by atoms with Crippen molar-refractivity contribution in [3.8, 4) is 11.6 Å².